The van der Waals surface area contributed by atoms with Crippen LogP contribution in [0.5, 0.6) is 0 Å². The van der Waals surface area contributed by atoms with E-state index in [4.69, 9.17) is 9.15 Å². The van der Waals surface area contributed by atoms with Gasteiger partial charge in [0.15, 0.2) is 0 Å². The second kappa shape index (κ2) is 9.05. The Bertz CT molecular complexity index is 1500. The lowest BCUT2D eigenvalue weighted by Crippen LogP contribution is -2.28. The molecule has 0 aliphatic carbocycles. The fraction of sp³-hybridized carbons (Fsp3) is 0.375. The van der Waals surface area contributed by atoms with Crippen molar-refractivity contribution in [3.8, 4) is 22.6 Å². The van der Waals surface area contributed by atoms with E-state index in [2.05, 4.69) is 53.7 Å². The van der Waals surface area contributed by atoms with E-state index in [0.29, 0.717) is 16.8 Å². The van der Waals surface area contributed by atoms with Crippen LogP contribution in [0.25, 0.3) is 33.5 Å². The maximum Gasteiger partial charge on any atom is 0.419 e. The van der Waals surface area contributed by atoms with E-state index >= 15 is 0 Å². The number of fused-ring (bicyclic) bond motifs is 1. The predicted octanol–water partition coefficient (Wildman–Crippen LogP) is 8.31. The Morgan fingerprint density at radius 1 is 0.730 bits per heavy atom. The Labute approximate surface area is 219 Å². The smallest absolute Gasteiger partial charge is 0.419 e. The minimum atomic E-state index is -0.726. The normalized spacial score (nSPS) is 12.7. The Hall–Kier alpha value is -3.60. The third-order valence-corrected chi connectivity index (χ3v) is 6.37. The summed E-state index contributed by atoms with van der Waals surface area (Å²) in [4.78, 5) is 26.7. The number of hydrogen-bond donors (Lipinski definition) is 0. The highest BCUT2D eigenvalue weighted by atomic mass is 16.6. The van der Waals surface area contributed by atoms with Crippen LogP contribution in [0, 0.1) is 0 Å². The second-order valence-corrected chi connectivity index (χ2v) is 12.7. The summed E-state index contributed by atoms with van der Waals surface area (Å²) in [5, 5.41) is 0.618. The largest absolute Gasteiger partial charge is 0.443 e. The quantitative estimate of drug-likeness (QED) is 0.278. The van der Waals surface area contributed by atoms with Gasteiger partial charge in [-0.25, -0.2) is 14.2 Å². The van der Waals surface area contributed by atoms with Crippen molar-refractivity contribution in [2.75, 3.05) is 0 Å². The van der Waals surface area contributed by atoms with Crippen LogP contribution in [0.4, 0.5) is 4.79 Å². The third kappa shape index (κ3) is 5.56. The van der Waals surface area contributed by atoms with Gasteiger partial charge in [-0.1, -0.05) is 90.1 Å². The number of nitrogens with zero attached hydrogens (tertiary/aromatic N) is 1. The molecule has 4 aromatic rings. The summed E-state index contributed by atoms with van der Waals surface area (Å²) in [6, 6.07) is 19.7. The molecule has 5 heteroatoms. The average Bonchev–Trinajstić information content (AvgIpc) is 3.17. The van der Waals surface area contributed by atoms with Crippen molar-refractivity contribution < 1.29 is 13.9 Å². The van der Waals surface area contributed by atoms with Gasteiger partial charge in [0.05, 0.1) is 5.69 Å². The molecule has 0 saturated carbocycles. The number of ether oxygens (including phenoxy) is 1. The van der Waals surface area contributed by atoms with Gasteiger partial charge < -0.3 is 9.15 Å². The van der Waals surface area contributed by atoms with Gasteiger partial charge in [-0.05, 0) is 60.4 Å². The summed E-state index contributed by atoms with van der Waals surface area (Å²) >= 11 is 0. The first kappa shape index (κ1) is 26.5. The van der Waals surface area contributed by atoms with Crippen LogP contribution in [0.15, 0.2) is 69.9 Å². The van der Waals surface area contributed by atoms with Crippen molar-refractivity contribution in [2.24, 2.45) is 0 Å². The number of carbonyl (C=O) groups excluding carboxylic acids is 1. The topological polar surface area (TPSA) is 61.4 Å². The molecule has 0 radical (unpaired) electrons. The van der Waals surface area contributed by atoms with Crippen molar-refractivity contribution in [2.45, 2.75) is 78.7 Å². The molecule has 2 aromatic heterocycles. The highest BCUT2D eigenvalue weighted by Crippen LogP contribution is 2.33. The van der Waals surface area contributed by atoms with Gasteiger partial charge >= 0.3 is 11.7 Å². The summed E-state index contributed by atoms with van der Waals surface area (Å²) in [5.74, 6) is 0.453. The van der Waals surface area contributed by atoms with Gasteiger partial charge in [-0.15, -0.1) is 0 Å². The summed E-state index contributed by atoms with van der Waals surface area (Å²) in [7, 11) is 0. The monoisotopic (exact) mass is 499 g/mol. The Balaban J connectivity index is 1.90. The average molecular weight is 500 g/mol. The number of benzene rings is 2. The molecule has 0 aliphatic heterocycles. The number of aromatic nitrogens is 1. The van der Waals surface area contributed by atoms with Crippen molar-refractivity contribution >= 4 is 17.0 Å². The molecule has 0 bridgehead atoms. The first-order valence-electron chi connectivity index (χ1n) is 12.7. The molecule has 4 rings (SSSR count). The van der Waals surface area contributed by atoms with Gasteiger partial charge in [0, 0.05) is 10.9 Å². The maximum absolute atomic E-state index is 13.4. The molecule has 0 atom stereocenters. The molecular formula is C32H37NO4. The fourth-order valence-corrected chi connectivity index (χ4v) is 4.30. The molecule has 0 N–H and O–H groups in total. The summed E-state index contributed by atoms with van der Waals surface area (Å²) < 4.78 is 12.8. The molecule has 2 aromatic carbocycles. The molecule has 0 spiro atoms. The second-order valence-electron chi connectivity index (χ2n) is 12.7. The van der Waals surface area contributed by atoms with Crippen LogP contribution in [0.2, 0.25) is 0 Å². The zero-order chi connectivity index (χ0) is 27.3. The van der Waals surface area contributed by atoms with Crippen LogP contribution >= 0.6 is 0 Å². The maximum atomic E-state index is 13.4. The van der Waals surface area contributed by atoms with E-state index < -0.39 is 17.3 Å². The first-order chi connectivity index (χ1) is 17.0. The van der Waals surface area contributed by atoms with Crippen molar-refractivity contribution in [3.63, 3.8) is 0 Å². The molecule has 0 aliphatic rings. The van der Waals surface area contributed by atoms with Crippen molar-refractivity contribution in [3.05, 3.63) is 82.2 Å². The van der Waals surface area contributed by atoms with E-state index in [9.17, 15) is 9.59 Å². The molecule has 37 heavy (non-hydrogen) atoms. The van der Waals surface area contributed by atoms with Crippen LogP contribution in [-0.2, 0) is 15.6 Å². The lowest BCUT2D eigenvalue weighted by Gasteiger charge is -2.21. The van der Waals surface area contributed by atoms with Crippen LogP contribution in [0.3, 0.4) is 0 Å². The van der Waals surface area contributed by atoms with Gasteiger partial charge in [-0.3, -0.25) is 0 Å². The first-order valence-corrected chi connectivity index (χ1v) is 12.7. The SMILES string of the molecule is CC(C)(C)OC(=O)n1c(-c2ccc(C(C)(C)C)cc2)cc2cc(-c3ccc(C(C)(C)C)cc3)oc(=O)c21. The molecular weight excluding hydrogens is 462 g/mol. The Kier molecular flexibility index (Phi) is 6.48. The number of rotatable bonds is 2. The van der Waals surface area contributed by atoms with Gasteiger partial charge in [0.1, 0.15) is 16.9 Å². The van der Waals surface area contributed by atoms with E-state index in [0.717, 1.165) is 11.1 Å². The predicted molar refractivity (Wildman–Crippen MR) is 150 cm³/mol. The molecule has 5 nitrogen and oxygen atoms in total. The van der Waals surface area contributed by atoms with Crippen LogP contribution < -0.4 is 5.63 Å². The van der Waals surface area contributed by atoms with E-state index in [1.54, 1.807) is 20.8 Å². The number of hydrogen-bond acceptors (Lipinski definition) is 4. The molecule has 0 fully saturated rings. The van der Waals surface area contributed by atoms with E-state index in [1.807, 2.05) is 48.5 Å². The van der Waals surface area contributed by atoms with Crippen molar-refractivity contribution in [1.29, 1.82) is 0 Å². The summed E-state index contributed by atoms with van der Waals surface area (Å²) in [6.45, 7) is 18.3. The summed E-state index contributed by atoms with van der Waals surface area (Å²) in [5.41, 5.74) is 3.43. The molecule has 2 heterocycles. The standard InChI is InChI=1S/C32H37NO4/c1-30(2,3)23-14-10-20(11-15-23)25-18-22-19-26(21-12-16-24(17-13-21)31(4,5)6)36-28(34)27(22)33(25)29(35)37-32(7,8)9/h10-19H,1-9H3. The van der Waals surface area contributed by atoms with Crippen LogP contribution in [0.1, 0.15) is 73.4 Å². The lowest BCUT2D eigenvalue weighted by atomic mass is 9.86. The van der Waals surface area contributed by atoms with Crippen molar-refractivity contribution in [1.82, 2.24) is 4.57 Å². The summed E-state index contributed by atoms with van der Waals surface area (Å²) in [6.07, 6.45) is -0.619. The lowest BCUT2D eigenvalue weighted by molar-refractivity contribution is 0.0546. The highest BCUT2D eigenvalue weighted by molar-refractivity contribution is 5.96. The zero-order valence-corrected chi connectivity index (χ0v) is 23.4. The highest BCUT2D eigenvalue weighted by Gasteiger charge is 2.26. The third-order valence-electron chi connectivity index (χ3n) is 6.37. The fourth-order valence-electron chi connectivity index (χ4n) is 4.30. The zero-order valence-electron chi connectivity index (χ0n) is 23.4. The number of carbonyl (C=O) groups is 1. The Morgan fingerprint density at radius 3 is 1.68 bits per heavy atom. The Morgan fingerprint density at radius 2 is 1.22 bits per heavy atom. The minimum Gasteiger partial charge on any atom is -0.443 e. The minimum absolute atomic E-state index is 0.00505. The molecule has 0 amide bonds. The van der Waals surface area contributed by atoms with Gasteiger partial charge in [0.2, 0.25) is 0 Å². The van der Waals surface area contributed by atoms with E-state index in [1.165, 1.54) is 15.7 Å². The molecule has 0 saturated heterocycles. The molecule has 194 valence electrons. The van der Waals surface area contributed by atoms with Gasteiger partial charge in [0.25, 0.3) is 0 Å². The van der Waals surface area contributed by atoms with Gasteiger partial charge in [-0.2, -0.15) is 0 Å². The van der Waals surface area contributed by atoms with Crippen LogP contribution in [-0.4, -0.2) is 16.3 Å². The van der Waals surface area contributed by atoms with E-state index in [-0.39, 0.29) is 16.3 Å². The molecule has 0 unspecified atom stereocenters.